The summed E-state index contributed by atoms with van der Waals surface area (Å²) in [5, 5.41) is 0. The number of nitrogens with zero attached hydrogens (tertiary/aromatic N) is 1. The van der Waals surface area contributed by atoms with Crippen molar-refractivity contribution in [3.63, 3.8) is 0 Å². The van der Waals surface area contributed by atoms with Gasteiger partial charge in [-0.1, -0.05) is 11.6 Å². The fourth-order valence-electron chi connectivity index (χ4n) is 2.60. The highest BCUT2D eigenvalue weighted by atomic mass is 35.5. The number of carbonyl (C=O) groups is 1. The first-order valence-corrected chi connectivity index (χ1v) is 6.80. The van der Waals surface area contributed by atoms with Crippen LogP contribution in [0.25, 0.3) is 0 Å². The Labute approximate surface area is 125 Å². The minimum absolute atomic E-state index is 0. The van der Waals surface area contributed by atoms with Gasteiger partial charge >= 0.3 is 0 Å². The number of aryl methyl sites for hydroxylation is 1. The standard InChI is InChI=1S/C15H21FN2O.ClH/c1-10-3-4-14(16)13(9-10)15(19)18-7-5-12(6-8-18)11(2)17;/h3-4,9,11-12H,5-8,17H2,1-2H3;1H. The molecule has 0 aliphatic carbocycles. The Kier molecular flexibility index (Phi) is 5.96. The van der Waals surface area contributed by atoms with Crippen molar-refractivity contribution < 1.29 is 9.18 Å². The molecule has 1 aromatic carbocycles. The smallest absolute Gasteiger partial charge is 0.256 e. The molecule has 20 heavy (non-hydrogen) atoms. The van der Waals surface area contributed by atoms with Crippen LogP contribution >= 0.6 is 12.4 Å². The highest BCUT2D eigenvalue weighted by molar-refractivity contribution is 5.94. The van der Waals surface area contributed by atoms with Crippen molar-refractivity contribution in [1.82, 2.24) is 4.90 Å². The fraction of sp³-hybridized carbons (Fsp3) is 0.533. The van der Waals surface area contributed by atoms with Crippen molar-refractivity contribution in [3.8, 4) is 0 Å². The zero-order chi connectivity index (χ0) is 14.0. The lowest BCUT2D eigenvalue weighted by Crippen LogP contribution is -2.42. The first-order chi connectivity index (χ1) is 8.99. The van der Waals surface area contributed by atoms with E-state index in [1.165, 1.54) is 6.07 Å². The fourth-order valence-corrected chi connectivity index (χ4v) is 2.60. The molecule has 1 aliphatic heterocycles. The van der Waals surface area contributed by atoms with Crippen LogP contribution in [0.4, 0.5) is 4.39 Å². The molecule has 1 amide bonds. The molecule has 1 unspecified atom stereocenters. The van der Waals surface area contributed by atoms with E-state index in [-0.39, 0.29) is 29.9 Å². The molecule has 1 heterocycles. The number of carbonyl (C=O) groups excluding carboxylic acids is 1. The zero-order valence-corrected chi connectivity index (χ0v) is 12.8. The van der Waals surface area contributed by atoms with Crippen molar-refractivity contribution in [3.05, 3.63) is 35.1 Å². The molecule has 1 aliphatic rings. The Morgan fingerprint density at radius 3 is 2.55 bits per heavy atom. The molecule has 1 fully saturated rings. The number of rotatable bonds is 2. The van der Waals surface area contributed by atoms with Gasteiger partial charge in [-0.15, -0.1) is 12.4 Å². The van der Waals surface area contributed by atoms with Crippen LogP contribution in [-0.4, -0.2) is 29.9 Å². The largest absolute Gasteiger partial charge is 0.339 e. The van der Waals surface area contributed by atoms with E-state index < -0.39 is 5.82 Å². The van der Waals surface area contributed by atoms with Gasteiger partial charge in [0.15, 0.2) is 0 Å². The van der Waals surface area contributed by atoms with Crippen LogP contribution in [0, 0.1) is 18.7 Å². The average Bonchev–Trinajstić information content (AvgIpc) is 2.41. The van der Waals surface area contributed by atoms with E-state index in [1.54, 1.807) is 17.0 Å². The van der Waals surface area contributed by atoms with Crippen molar-refractivity contribution in [2.75, 3.05) is 13.1 Å². The van der Waals surface area contributed by atoms with Crippen LogP contribution in [0.5, 0.6) is 0 Å². The highest BCUT2D eigenvalue weighted by Gasteiger charge is 2.26. The monoisotopic (exact) mass is 300 g/mol. The molecule has 5 heteroatoms. The van der Waals surface area contributed by atoms with Gasteiger partial charge in [-0.05, 0) is 44.7 Å². The van der Waals surface area contributed by atoms with Crippen molar-refractivity contribution in [2.45, 2.75) is 32.7 Å². The molecule has 0 saturated carbocycles. The number of hydrogen-bond donors (Lipinski definition) is 1. The first-order valence-electron chi connectivity index (χ1n) is 6.80. The third kappa shape index (κ3) is 3.70. The van der Waals surface area contributed by atoms with E-state index in [9.17, 15) is 9.18 Å². The summed E-state index contributed by atoms with van der Waals surface area (Å²) in [6.45, 7) is 5.19. The van der Waals surface area contributed by atoms with Crippen molar-refractivity contribution in [2.24, 2.45) is 11.7 Å². The van der Waals surface area contributed by atoms with Gasteiger partial charge in [0.25, 0.3) is 5.91 Å². The summed E-state index contributed by atoms with van der Waals surface area (Å²) in [7, 11) is 0. The lowest BCUT2D eigenvalue weighted by molar-refractivity contribution is 0.0676. The first kappa shape index (κ1) is 16.9. The van der Waals surface area contributed by atoms with E-state index in [0.717, 1.165) is 18.4 Å². The molecule has 1 saturated heterocycles. The third-order valence-corrected chi connectivity index (χ3v) is 3.92. The molecule has 2 N–H and O–H groups in total. The minimum Gasteiger partial charge on any atom is -0.339 e. The molecule has 1 atom stereocenters. The number of nitrogens with two attached hydrogens (primary N) is 1. The summed E-state index contributed by atoms with van der Waals surface area (Å²) in [4.78, 5) is 14.0. The lowest BCUT2D eigenvalue weighted by Gasteiger charge is -2.33. The van der Waals surface area contributed by atoms with Gasteiger partial charge < -0.3 is 10.6 Å². The Morgan fingerprint density at radius 2 is 2.00 bits per heavy atom. The van der Waals surface area contributed by atoms with Gasteiger partial charge in [0.05, 0.1) is 5.56 Å². The average molecular weight is 301 g/mol. The summed E-state index contributed by atoms with van der Waals surface area (Å²) in [5.41, 5.74) is 6.96. The molecule has 112 valence electrons. The molecule has 0 spiro atoms. The molecule has 0 radical (unpaired) electrons. The summed E-state index contributed by atoms with van der Waals surface area (Å²) in [6, 6.07) is 4.81. The number of hydrogen-bond acceptors (Lipinski definition) is 2. The maximum atomic E-state index is 13.7. The Balaban J connectivity index is 0.00000200. The Bertz CT molecular complexity index is 471. The number of halogens is 2. The van der Waals surface area contributed by atoms with Gasteiger partial charge in [-0.2, -0.15) is 0 Å². The predicted octanol–water partition coefficient (Wildman–Crippen LogP) is 2.76. The second-order valence-electron chi connectivity index (χ2n) is 5.47. The Hall–Kier alpha value is -1.13. The molecule has 0 aromatic heterocycles. The third-order valence-electron chi connectivity index (χ3n) is 3.92. The van der Waals surface area contributed by atoms with E-state index in [1.807, 2.05) is 13.8 Å². The lowest BCUT2D eigenvalue weighted by atomic mass is 9.90. The maximum Gasteiger partial charge on any atom is 0.256 e. The second kappa shape index (κ2) is 7.04. The van der Waals surface area contributed by atoms with Crippen LogP contribution in [-0.2, 0) is 0 Å². The van der Waals surface area contributed by atoms with Crippen LogP contribution in [0.2, 0.25) is 0 Å². The topological polar surface area (TPSA) is 46.3 Å². The summed E-state index contributed by atoms with van der Waals surface area (Å²) < 4.78 is 13.7. The number of amides is 1. The number of likely N-dealkylation sites (tertiary alicyclic amines) is 1. The second-order valence-corrected chi connectivity index (χ2v) is 5.47. The van der Waals surface area contributed by atoms with Gasteiger partial charge in [0, 0.05) is 19.1 Å². The molecule has 3 nitrogen and oxygen atoms in total. The summed E-state index contributed by atoms with van der Waals surface area (Å²) >= 11 is 0. The van der Waals surface area contributed by atoms with Gasteiger partial charge in [-0.3, -0.25) is 4.79 Å². The maximum absolute atomic E-state index is 13.7. The van der Waals surface area contributed by atoms with Gasteiger partial charge in [-0.25, -0.2) is 4.39 Å². The van der Waals surface area contributed by atoms with E-state index in [0.29, 0.717) is 19.0 Å². The van der Waals surface area contributed by atoms with Crippen molar-refractivity contribution >= 4 is 18.3 Å². The van der Waals surface area contributed by atoms with Crippen LogP contribution in [0.3, 0.4) is 0 Å². The molecule has 1 aromatic rings. The van der Waals surface area contributed by atoms with Crippen LogP contribution in [0.1, 0.15) is 35.7 Å². The molecule has 0 bridgehead atoms. The van der Waals surface area contributed by atoms with Gasteiger partial charge in [0.2, 0.25) is 0 Å². The van der Waals surface area contributed by atoms with Gasteiger partial charge in [0.1, 0.15) is 5.82 Å². The van der Waals surface area contributed by atoms with E-state index >= 15 is 0 Å². The SMILES string of the molecule is Cc1ccc(F)c(C(=O)N2CCC(C(C)N)CC2)c1.Cl. The minimum atomic E-state index is -0.440. The van der Waals surface area contributed by atoms with Crippen LogP contribution < -0.4 is 5.73 Å². The van der Waals surface area contributed by atoms with Crippen molar-refractivity contribution in [1.29, 1.82) is 0 Å². The quantitative estimate of drug-likeness (QED) is 0.913. The van der Waals surface area contributed by atoms with Crippen LogP contribution in [0.15, 0.2) is 18.2 Å². The Morgan fingerprint density at radius 1 is 1.40 bits per heavy atom. The van der Waals surface area contributed by atoms with E-state index in [4.69, 9.17) is 5.73 Å². The summed E-state index contributed by atoms with van der Waals surface area (Å²) in [6.07, 6.45) is 1.80. The summed E-state index contributed by atoms with van der Waals surface area (Å²) in [5.74, 6) is -0.180. The zero-order valence-electron chi connectivity index (χ0n) is 11.9. The predicted molar refractivity (Wildman–Crippen MR) is 80.7 cm³/mol. The van der Waals surface area contributed by atoms with E-state index in [2.05, 4.69) is 0 Å². The molecule has 2 rings (SSSR count). The normalized spacial score (nSPS) is 17.5. The molecular formula is C15H22ClFN2O. The molecular weight excluding hydrogens is 279 g/mol. The highest BCUT2D eigenvalue weighted by Crippen LogP contribution is 2.22. The number of benzene rings is 1. The number of piperidine rings is 1.